The number of benzene rings is 1. The number of fused-ring (bicyclic) bond motifs is 1. The van der Waals surface area contributed by atoms with E-state index < -0.39 is 0 Å². The van der Waals surface area contributed by atoms with Crippen LogP contribution in [0.15, 0.2) is 43.0 Å². The average Bonchev–Trinajstić information content (AvgIpc) is 2.41. The summed E-state index contributed by atoms with van der Waals surface area (Å²) in [5.74, 6) is 0.280. The fourth-order valence-corrected chi connectivity index (χ4v) is 2.09. The molecule has 0 radical (unpaired) electrons. The Bertz CT molecular complexity index is 722. The Morgan fingerprint density at radius 2 is 2.00 bits per heavy atom. The molecule has 2 aromatic heterocycles. The van der Waals surface area contributed by atoms with Crippen molar-refractivity contribution in [2.24, 2.45) is 0 Å². The second-order valence-electron chi connectivity index (χ2n) is 3.82. The second-order valence-corrected chi connectivity index (χ2v) is 4.20. The topological polar surface area (TPSA) is 64.7 Å². The molecule has 0 spiro atoms. The smallest absolute Gasteiger partial charge is 0.146 e. The van der Waals surface area contributed by atoms with Crippen molar-refractivity contribution in [1.29, 1.82) is 0 Å². The number of hydrogen-bond acceptors (Lipinski definition) is 4. The normalized spacial score (nSPS) is 10.7. The molecule has 3 rings (SSSR count). The summed E-state index contributed by atoms with van der Waals surface area (Å²) < 4.78 is 0. The standard InChI is InChI=1S/C13H9ClN4/c14-11-12(17-7-18-13(11)15)9-3-1-2-8-4-5-16-6-10(8)9/h1-7H,(H2,15,17,18). The minimum Gasteiger partial charge on any atom is -0.382 e. The molecule has 2 heterocycles. The average molecular weight is 257 g/mol. The van der Waals surface area contributed by atoms with Gasteiger partial charge >= 0.3 is 0 Å². The molecule has 4 nitrogen and oxygen atoms in total. The molecule has 0 saturated heterocycles. The van der Waals surface area contributed by atoms with Crippen molar-refractivity contribution in [3.63, 3.8) is 0 Å². The molecular weight excluding hydrogens is 248 g/mol. The zero-order chi connectivity index (χ0) is 12.5. The van der Waals surface area contributed by atoms with Crippen LogP contribution < -0.4 is 5.73 Å². The van der Waals surface area contributed by atoms with E-state index in [-0.39, 0.29) is 5.82 Å². The van der Waals surface area contributed by atoms with E-state index >= 15 is 0 Å². The summed E-state index contributed by atoms with van der Waals surface area (Å²) in [6.45, 7) is 0. The lowest BCUT2D eigenvalue weighted by Gasteiger charge is -2.07. The number of anilines is 1. The first-order chi connectivity index (χ1) is 8.77. The molecule has 0 saturated carbocycles. The summed E-state index contributed by atoms with van der Waals surface area (Å²) >= 11 is 6.16. The van der Waals surface area contributed by atoms with Crippen LogP contribution in [0.2, 0.25) is 5.02 Å². The Balaban J connectivity index is 2.35. The van der Waals surface area contributed by atoms with Crippen molar-refractivity contribution in [3.8, 4) is 11.3 Å². The van der Waals surface area contributed by atoms with E-state index in [2.05, 4.69) is 15.0 Å². The third-order valence-corrected chi connectivity index (χ3v) is 3.13. The fraction of sp³-hybridized carbons (Fsp3) is 0. The molecule has 88 valence electrons. The van der Waals surface area contributed by atoms with Crippen LogP contribution in [0.1, 0.15) is 0 Å². The second kappa shape index (κ2) is 4.23. The minimum absolute atomic E-state index is 0.280. The molecule has 0 atom stereocenters. The van der Waals surface area contributed by atoms with Gasteiger partial charge in [0.15, 0.2) is 0 Å². The van der Waals surface area contributed by atoms with Gasteiger partial charge < -0.3 is 5.73 Å². The highest BCUT2D eigenvalue weighted by atomic mass is 35.5. The van der Waals surface area contributed by atoms with Gasteiger partial charge in [-0.2, -0.15) is 0 Å². The lowest BCUT2D eigenvalue weighted by Crippen LogP contribution is -1.96. The third-order valence-electron chi connectivity index (χ3n) is 2.76. The number of nitrogens with two attached hydrogens (primary N) is 1. The van der Waals surface area contributed by atoms with Crippen LogP contribution in [0.25, 0.3) is 22.0 Å². The van der Waals surface area contributed by atoms with Crippen molar-refractivity contribution in [2.45, 2.75) is 0 Å². The van der Waals surface area contributed by atoms with E-state index in [1.165, 1.54) is 6.33 Å². The highest BCUT2D eigenvalue weighted by Crippen LogP contribution is 2.33. The summed E-state index contributed by atoms with van der Waals surface area (Å²) in [7, 11) is 0. The molecule has 0 aliphatic heterocycles. The lowest BCUT2D eigenvalue weighted by atomic mass is 10.0. The predicted octanol–water partition coefficient (Wildman–Crippen LogP) is 2.93. The van der Waals surface area contributed by atoms with Crippen LogP contribution in [0.4, 0.5) is 5.82 Å². The first kappa shape index (κ1) is 10.9. The van der Waals surface area contributed by atoms with Crippen LogP contribution in [-0.2, 0) is 0 Å². The minimum atomic E-state index is 0.280. The molecule has 3 aromatic rings. The van der Waals surface area contributed by atoms with Gasteiger partial charge in [0.2, 0.25) is 0 Å². The Hall–Kier alpha value is -2.20. The molecule has 0 unspecified atom stereocenters. The van der Waals surface area contributed by atoms with Crippen LogP contribution >= 0.6 is 11.6 Å². The van der Waals surface area contributed by atoms with Crippen molar-refractivity contribution >= 4 is 28.2 Å². The number of hydrogen-bond donors (Lipinski definition) is 1. The van der Waals surface area contributed by atoms with Crippen molar-refractivity contribution in [1.82, 2.24) is 15.0 Å². The maximum absolute atomic E-state index is 6.16. The van der Waals surface area contributed by atoms with Gasteiger partial charge in [-0.3, -0.25) is 4.98 Å². The molecule has 0 amide bonds. The maximum atomic E-state index is 6.16. The Morgan fingerprint density at radius 3 is 2.89 bits per heavy atom. The summed E-state index contributed by atoms with van der Waals surface area (Å²) in [5.41, 5.74) is 7.23. The van der Waals surface area contributed by atoms with E-state index in [9.17, 15) is 0 Å². The summed E-state index contributed by atoms with van der Waals surface area (Å²) in [6.07, 6.45) is 4.95. The van der Waals surface area contributed by atoms with Gasteiger partial charge in [0.1, 0.15) is 17.2 Å². The van der Waals surface area contributed by atoms with Crippen molar-refractivity contribution in [3.05, 3.63) is 48.0 Å². The van der Waals surface area contributed by atoms with Gasteiger partial charge in [-0.1, -0.05) is 29.8 Å². The number of rotatable bonds is 1. The molecule has 0 aliphatic rings. The zero-order valence-corrected chi connectivity index (χ0v) is 10.1. The SMILES string of the molecule is Nc1ncnc(-c2cccc3ccncc23)c1Cl. The zero-order valence-electron chi connectivity index (χ0n) is 9.34. The van der Waals surface area contributed by atoms with Gasteiger partial charge in [-0.15, -0.1) is 0 Å². The van der Waals surface area contributed by atoms with Gasteiger partial charge in [0.25, 0.3) is 0 Å². The molecule has 18 heavy (non-hydrogen) atoms. The van der Waals surface area contributed by atoms with Crippen LogP contribution in [0.5, 0.6) is 0 Å². The quantitative estimate of drug-likeness (QED) is 0.727. The van der Waals surface area contributed by atoms with E-state index in [0.29, 0.717) is 10.7 Å². The summed E-state index contributed by atoms with van der Waals surface area (Å²) in [5, 5.41) is 2.43. The van der Waals surface area contributed by atoms with Gasteiger partial charge in [-0.05, 0) is 11.5 Å². The Labute approximate surface area is 108 Å². The molecule has 0 aliphatic carbocycles. The predicted molar refractivity (Wildman–Crippen MR) is 72.2 cm³/mol. The van der Waals surface area contributed by atoms with Crippen LogP contribution in [-0.4, -0.2) is 15.0 Å². The van der Waals surface area contributed by atoms with E-state index in [1.807, 2.05) is 24.3 Å². The monoisotopic (exact) mass is 256 g/mol. The molecule has 0 bridgehead atoms. The number of halogens is 1. The molecule has 0 fully saturated rings. The van der Waals surface area contributed by atoms with E-state index in [0.717, 1.165) is 16.3 Å². The van der Waals surface area contributed by atoms with Gasteiger partial charge in [0, 0.05) is 23.3 Å². The fourth-order valence-electron chi connectivity index (χ4n) is 1.89. The Morgan fingerprint density at radius 1 is 1.11 bits per heavy atom. The highest BCUT2D eigenvalue weighted by Gasteiger charge is 2.11. The van der Waals surface area contributed by atoms with Crippen LogP contribution in [0.3, 0.4) is 0 Å². The number of pyridine rings is 1. The van der Waals surface area contributed by atoms with Gasteiger partial charge in [-0.25, -0.2) is 9.97 Å². The lowest BCUT2D eigenvalue weighted by molar-refractivity contribution is 1.18. The Kier molecular flexibility index (Phi) is 2.57. The number of nitrogen functional groups attached to an aromatic ring is 1. The van der Waals surface area contributed by atoms with Crippen LogP contribution in [0, 0.1) is 0 Å². The first-order valence-electron chi connectivity index (χ1n) is 5.36. The summed E-state index contributed by atoms with van der Waals surface area (Å²) in [4.78, 5) is 12.2. The van der Waals surface area contributed by atoms with E-state index in [4.69, 9.17) is 17.3 Å². The highest BCUT2D eigenvalue weighted by molar-refractivity contribution is 6.35. The maximum Gasteiger partial charge on any atom is 0.146 e. The largest absolute Gasteiger partial charge is 0.382 e. The molecular formula is C13H9ClN4. The number of nitrogens with zero attached hydrogens (tertiary/aromatic N) is 3. The summed E-state index contributed by atoms with van der Waals surface area (Å²) in [6, 6.07) is 7.85. The van der Waals surface area contributed by atoms with Crippen molar-refractivity contribution < 1.29 is 0 Å². The van der Waals surface area contributed by atoms with Gasteiger partial charge in [0.05, 0.1) is 5.69 Å². The van der Waals surface area contributed by atoms with Crippen molar-refractivity contribution in [2.75, 3.05) is 5.73 Å². The number of aromatic nitrogens is 3. The first-order valence-corrected chi connectivity index (χ1v) is 5.74. The van der Waals surface area contributed by atoms with E-state index in [1.54, 1.807) is 12.4 Å². The third kappa shape index (κ3) is 1.67. The molecule has 2 N–H and O–H groups in total. The molecule has 1 aromatic carbocycles. The molecule has 5 heteroatoms.